The summed E-state index contributed by atoms with van der Waals surface area (Å²) in [6, 6.07) is 5.36. The molecule has 1 atom stereocenters. The van der Waals surface area contributed by atoms with Gasteiger partial charge in [-0.15, -0.1) is 6.42 Å². The Morgan fingerprint density at radius 3 is 3.00 bits per heavy atom. The molecule has 1 aliphatic heterocycles. The van der Waals surface area contributed by atoms with Crippen molar-refractivity contribution in [2.24, 2.45) is 0 Å². The second-order valence-corrected chi connectivity index (χ2v) is 6.87. The zero-order valence-electron chi connectivity index (χ0n) is 15.3. The van der Waals surface area contributed by atoms with E-state index in [1.54, 1.807) is 18.2 Å². The molecule has 2 heterocycles. The molecule has 0 saturated carbocycles. The fourth-order valence-corrected chi connectivity index (χ4v) is 3.60. The topological polar surface area (TPSA) is 93.3 Å². The number of H-pyrrole nitrogens is 1. The molecule has 2 N–H and O–H groups in total. The lowest BCUT2D eigenvalue weighted by atomic mass is 9.86. The van der Waals surface area contributed by atoms with Gasteiger partial charge in [0.25, 0.3) is 5.56 Å². The summed E-state index contributed by atoms with van der Waals surface area (Å²) in [6.45, 7) is 3.92. The quantitative estimate of drug-likeness (QED) is 0.323. The molecular weight excluding hydrogens is 378 g/mol. The van der Waals surface area contributed by atoms with E-state index in [1.807, 2.05) is 6.07 Å². The van der Waals surface area contributed by atoms with Gasteiger partial charge in [0.2, 0.25) is 5.91 Å². The first-order valence-corrected chi connectivity index (χ1v) is 9.48. The van der Waals surface area contributed by atoms with Crippen molar-refractivity contribution in [3.05, 3.63) is 52.3 Å². The molecule has 1 aliphatic rings. The summed E-state index contributed by atoms with van der Waals surface area (Å²) < 4.78 is 11.2. The van der Waals surface area contributed by atoms with E-state index in [2.05, 4.69) is 27.8 Å². The highest BCUT2D eigenvalue weighted by Crippen LogP contribution is 2.42. The number of hydrogen-bond acceptors (Lipinski definition) is 6. The van der Waals surface area contributed by atoms with E-state index >= 15 is 0 Å². The molecule has 1 aromatic heterocycles. The minimum Gasteiger partial charge on any atom is -0.493 e. The lowest BCUT2D eigenvalue weighted by molar-refractivity contribution is -0.116. The monoisotopic (exact) mass is 397 g/mol. The molecule has 3 rings (SSSR count). The third kappa shape index (κ3) is 3.89. The van der Waals surface area contributed by atoms with Crippen LogP contribution in [-0.2, 0) is 4.79 Å². The number of aromatic amines is 1. The third-order valence-corrected chi connectivity index (χ3v) is 4.95. The van der Waals surface area contributed by atoms with Gasteiger partial charge in [0.05, 0.1) is 18.4 Å². The van der Waals surface area contributed by atoms with Crippen molar-refractivity contribution in [3.63, 3.8) is 0 Å². The van der Waals surface area contributed by atoms with Crippen molar-refractivity contribution in [2.75, 3.05) is 24.8 Å². The highest BCUT2D eigenvalue weighted by molar-refractivity contribution is 7.99. The standard InChI is InChI=1S/C20H19N3O4S/c1-4-9-27-17-12(7-6-8-14(17)26-3)13-11-15(24)21-18-16(13)19(25)23-20(22-18)28-10-5-2/h2,4,6-8,13H,1,9-11H2,3H3,(H2,21,22,23,24,25). The molecule has 0 radical (unpaired) electrons. The lowest BCUT2D eigenvalue weighted by Gasteiger charge is -2.26. The molecule has 2 aromatic rings. The number of anilines is 1. The van der Waals surface area contributed by atoms with E-state index in [-0.39, 0.29) is 30.3 Å². The number of amides is 1. The Morgan fingerprint density at radius 2 is 2.29 bits per heavy atom. The van der Waals surface area contributed by atoms with Gasteiger partial charge in [0.15, 0.2) is 16.7 Å². The molecule has 1 unspecified atom stereocenters. The summed E-state index contributed by atoms with van der Waals surface area (Å²) in [5.41, 5.74) is 0.724. The molecule has 1 aromatic carbocycles. The molecule has 1 amide bonds. The molecule has 144 valence electrons. The van der Waals surface area contributed by atoms with Crippen molar-refractivity contribution >= 4 is 23.5 Å². The average molecular weight is 397 g/mol. The Morgan fingerprint density at radius 1 is 1.46 bits per heavy atom. The largest absolute Gasteiger partial charge is 0.493 e. The number of carbonyl (C=O) groups is 1. The minimum atomic E-state index is -0.526. The van der Waals surface area contributed by atoms with Crippen molar-refractivity contribution in [1.82, 2.24) is 9.97 Å². The van der Waals surface area contributed by atoms with Crippen LogP contribution in [0.25, 0.3) is 0 Å². The molecule has 0 fully saturated rings. The number of hydrogen-bond donors (Lipinski definition) is 2. The van der Waals surface area contributed by atoms with Crippen LogP contribution in [0.2, 0.25) is 0 Å². The lowest BCUT2D eigenvalue weighted by Crippen LogP contribution is -2.31. The predicted octanol–water partition coefficient (Wildman–Crippen LogP) is 2.54. The number of fused-ring (bicyclic) bond motifs is 1. The maximum atomic E-state index is 12.8. The molecule has 0 bridgehead atoms. The SMILES string of the molecule is C#CCSc1nc2c(c(=O)[nH]1)C(c1cccc(OC)c1OCC=C)CC(=O)N2. The predicted molar refractivity (Wildman–Crippen MR) is 108 cm³/mol. The number of ether oxygens (including phenoxy) is 2. The zero-order valence-corrected chi connectivity index (χ0v) is 16.1. The van der Waals surface area contributed by atoms with Gasteiger partial charge in [-0.2, -0.15) is 0 Å². The van der Waals surface area contributed by atoms with E-state index in [4.69, 9.17) is 15.9 Å². The van der Waals surface area contributed by atoms with Crippen molar-refractivity contribution < 1.29 is 14.3 Å². The second-order valence-electron chi connectivity index (χ2n) is 5.91. The second kappa shape index (κ2) is 8.67. The van der Waals surface area contributed by atoms with Crippen LogP contribution < -0.4 is 20.3 Å². The zero-order chi connectivity index (χ0) is 20.1. The number of methoxy groups -OCH3 is 1. The van der Waals surface area contributed by atoms with Crippen LogP contribution >= 0.6 is 11.8 Å². The smallest absolute Gasteiger partial charge is 0.257 e. The maximum Gasteiger partial charge on any atom is 0.257 e. The number of terminal acetylenes is 1. The van der Waals surface area contributed by atoms with Gasteiger partial charge < -0.3 is 19.8 Å². The highest BCUT2D eigenvalue weighted by Gasteiger charge is 2.33. The molecule has 7 nitrogen and oxygen atoms in total. The summed E-state index contributed by atoms with van der Waals surface area (Å²) in [6.07, 6.45) is 6.96. The number of benzene rings is 1. The number of rotatable bonds is 7. The Kier molecular flexibility index (Phi) is 6.06. The van der Waals surface area contributed by atoms with Gasteiger partial charge in [-0.1, -0.05) is 42.5 Å². The molecule has 8 heteroatoms. The summed E-state index contributed by atoms with van der Waals surface area (Å²) in [7, 11) is 1.53. The maximum absolute atomic E-state index is 12.8. The van der Waals surface area contributed by atoms with Crippen LogP contribution in [0.4, 0.5) is 5.82 Å². The van der Waals surface area contributed by atoms with E-state index in [1.165, 1.54) is 18.9 Å². The van der Waals surface area contributed by atoms with E-state index in [9.17, 15) is 9.59 Å². The first-order chi connectivity index (χ1) is 13.6. The number of aromatic nitrogens is 2. The molecule has 28 heavy (non-hydrogen) atoms. The van der Waals surface area contributed by atoms with Crippen LogP contribution in [0, 0.1) is 12.3 Å². The highest BCUT2D eigenvalue weighted by atomic mass is 32.2. The van der Waals surface area contributed by atoms with Gasteiger partial charge in [-0.3, -0.25) is 9.59 Å². The summed E-state index contributed by atoms with van der Waals surface area (Å²) in [5, 5.41) is 3.04. The van der Waals surface area contributed by atoms with Crippen LogP contribution in [0.3, 0.4) is 0 Å². The van der Waals surface area contributed by atoms with Crippen molar-refractivity contribution in [1.29, 1.82) is 0 Å². The van der Waals surface area contributed by atoms with Gasteiger partial charge in [0, 0.05) is 17.9 Å². The van der Waals surface area contributed by atoms with E-state index < -0.39 is 5.92 Å². The third-order valence-electron chi connectivity index (χ3n) is 4.17. The Balaban J connectivity index is 2.13. The number of thioether (sulfide) groups is 1. The summed E-state index contributed by atoms with van der Waals surface area (Å²) in [4.78, 5) is 32.3. The number of para-hydroxylation sites is 1. The van der Waals surface area contributed by atoms with Gasteiger partial charge in [-0.05, 0) is 6.07 Å². The molecule has 0 spiro atoms. The van der Waals surface area contributed by atoms with E-state index in [0.717, 1.165) is 0 Å². The molecule has 0 aliphatic carbocycles. The average Bonchev–Trinajstić information content (AvgIpc) is 2.69. The number of nitrogens with one attached hydrogen (secondary N) is 2. The Bertz CT molecular complexity index is 1010. The molecule has 0 saturated heterocycles. The van der Waals surface area contributed by atoms with Crippen LogP contribution in [0.5, 0.6) is 11.5 Å². The van der Waals surface area contributed by atoms with Crippen molar-refractivity contribution in [3.8, 4) is 23.8 Å². The van der Waals surface area contributed by atoms with E-state index in [0.29, 0.717) is 33.5 Å². The fraction of sp³-hybridized carbons (Fsp3) is 0.250. The minimum absolute atomic E-state index is 0.0895. The number of carbonyl (C=O) groups excluding carboxylic acids is 1. The Hall–Kier alpha value is -3.18. The van der Waals surface area contributed by atoms with Gasteiger partial charge in [-0.25, -0.2) is 4.98 Å². The normalized spacial score (nSPS) is 15.1. The van der Waals surface area contributed by atoms with Crippen molar-refractivity contribution in [2.45, 2.75) is 17.5 Å². The summed E-state index contributed by atoms with van der Waals surface area (Å²) >= 11 is 1.22. The number of nitrogens with zero attached hydrogens (tertiary/aromatic N) is 1. The van der Waals surface area contributed by atoms with Crippen LogP contribution in [-0.4, -0.2) is 35.3 Å². The first-order valence-electron chi connectivity index (χ1n) is 8.50. The van der Waals surface area contributed by atoms with Gasteiger partial charge in [0.1, 0.15) is 12.4 Å². The summed E-state index contributed by atoms with van der Waals surface area (Å²) in [5.74, 6) is 3.29. The fourth-order valence-electron chi connectivity index (χ4n) is 3.06. The Labute approximate surface area is 166 Å². The van der Waals surface area contributed by atoms with Crippen LogP contribution in [0.1, 0.15) is 23.5 Å². The van der Waals surface area contributed by atoms with Crippen LogP contribution in [0.15, 0.2) is 40.8 Å². The first kappa shape index (κ1) is 19.6. The van der Waals surface area contributed by atoms with Gasteiger partial charge >= 0.3 is 0 Å². The molecular formula is C20H19N3O4S.